The van der Waals surface area contributed by atoms with Crippen LogP contribution in [0.25, 0.3) is 0 Å². The highest BCUT2D eigenvalue weighted by Gasteiger charge is 2.53. The van der Waals surface area contributed by atoms with Crippen LogP contribution in [0, 0.1) is 5.92 Å². The molecule has 0 spiro atoms. The van der Waals surface area contributed by atoms with Crippen molar-refractivity contribution < 1.29 is 9.90 Å². The number of nitrogens with two attached hydrogens (primary N) is 1. The van der Waals surface area contributed by atoms with Gasteiger partial charge in [0.15, 0.2) is 0 Å². The van der Waals surface area contributed by atoms with E-state index in [0.29, 0.717) is 5.92 Å². The molecule has 2 aliphatic carbocycles. The predicted octanol–water partition coefficient (Wildman–Crippen LogP) is 0.524. The average molecular weight is 170 g/mol. The summed E-state index contributed by atoms with van der Waals surface area (Å²) in [6, 6.07) is 0.0496. The second kappa shape index (κ2) is 2.36. The van der Waals surface area contributed by atoms with Gasteiger partial charge in [0.2, 0.25) is 0 Å². The van der Waals surface area contributed by atoms with Crippen molar-refractivity contribution in [1.29, 1.82) is 0 Å². The van der Waals surface area contributed by atoms with Crippen molar-refractivity contribution in [3.63, 3.8) is 0 Å². The van der Waals surface area contributed by atoms with Gasteiger partial charge in [-0.1, -0.05) is 0 Å². The SMILES string of the molecule is NC(C1CC1)C1(NC(=O)O)CC1. The van der Waals surface area contributed by atoms with E-state index in [1.165, 1.54) is 12.8 Å². The number of amides is 1. The topological polar surface area (TPSA) is 75.3 Å². The van der Waals surface area contributed by atoms with Gasteiger partial charge >= 0.3 is 6.09 Å². The first-order valence-electron chi connectivity index (χ1n) is 4.41. The minimum absolute atomic E-state index is 0.0496. The Morgan fingerprint density at radius 2 is 2.17 bits per heavy atom. The molecule has 4 nitrogen and oxygen atoms in total. The molecule has 68 valence electrons. The van der Waals surface area contributed by atoms with E-state index < -0.39 is 6.09 Å². The first kappa shape index (κ1) is 7.86. The van der Waals surface area contributed by atoms with E-state index in [1.54, 1.807) is 0 Å². The van der Waals surface area contributed by atoms with Crippen LogP contribution in [-0.4, -0.2) is 22.8 Å². The normalized spacial score (nSPS) is 27.8. The lowest BCUT2D eigenvalue weighted by Gasteiger charge is -2.22. The number of rotatable bonds is 3. The van der Waals surface area contributed by atoms with E-state index in [0.717, 1.165) is 12.8 Å². The molecule has 2 saturated carbocycles. The van der Waals surface area contributed by atoms with Crippen molar-refractivity contribution >= 4 is 6.09 Å². The lowest BCUT2D eigenvalue weighted by atomic mass is 10.0. The molecule has 2 fully saturated rings. The maximum Gasteiger partial charge on any atom is 0.405 e. The molecule has 4 N–H and O–H groups in total. The Kier molecular flexibility index (Phi) is 1.54. The molecule has 0 aromatic carbocycles. The molecule has 1 unspecified atom stereocenters. The Bertz CT molecular complexity index is 209. The van der Waals surface area contributed by atoms with Crippen molar-refractivity contribution in [2.24, 2.45) is 11.7 Å². The molecule has 0 aromatic rings. The van der Waals surface area contributed by atoms with Crippen molar-refractivity contribution in [2.45, 2.75) is 37.3 Å². The number of hydrogen-bond donors (Lipinski definition) is 3. The molecule has 0 aromatic heterocycles. The fourth-order valence-corrected chi connectivity index (χ4v) is 1.80. The third-order valence-corrected chi connectivity index (χ3v) is 2.91. The largest absolute Gasteiger partial charge is 0.465 e. The molecular weight excluding hydrogens is 156 g/mol. The van der Waals surface area contributed by atoms with Gasteiger partial charge in [0, 0.05) is 6.04 Å². The van der Waals surface area contributed by atoms with Crippen molar-refractivity contribution in [2.75, 3.05) is 0 Å². The quantitative estimate of drug-likeness (QED) is 0.578. The van der Waals surface area contributed by atoms with E-state index in [-0.39, 0.29) is 11.6 Å². The molecule has 1 amide bonds. The minimum atomic E-state index is -0.941. The molecule has 0 heterocycles. The maximum atomic E-state index is 10.4. The zero-order valence-electron chi connectivity index (χ0n) is 6.92. The Morgan fingerprint density at radius 1 is 1.58 bits per heavy atom. The second-order valence-electron chi connectivity index (χ2n) is 3.95. The highest BCUT2D eigenvalue weighted by atomic mass is 16.4. The molecule has 0 aliphatic heterocycles. The smallest absolute Gasteiger partial charge is 0.405 e. The highest BCUT2D eigenvalue weighted by Crippen LogP contribution is 2.46. The molecular formula is C8H14N2O2. The third-order valence-electron chi connectivity index (χ3n) is 2.91. The second-order valence-corrected chi connectivity index (χ2v) is 3.95. The molecule has 1 atom stereocenters. The summed E-state index contributed by atoms with van der Waals surface area (Å²) < 4.78 is 0. The first-order valence-corrected chi connectivity index (χ1v) is 4.41. The van der Waals surface area contributed by atoms with Gasteiger partial charge in [0.05, 0.1) is 5.54 Å². The van der Waals surface area contributed by atoms with Crippen LogP contribution in [0.5, 0.6) is 0 Å². The molecule has 0 bridgehead atoms. The minimum Gasteiger partial charge on any atom is -0.465 e. The zero-order valence-corrected chi connectivity index (χ0v) is 6.92. The van der Waals surface area contributed by atoms with Crippen LogP contribution in [0.15, 0.2) is 0 Å². The summed E-state index contributed by atoms with van der Waals surface area (Å²) in [5.74, 6) is 0.569. The lowest BCUT2D eigenvalue weighted by Crippen LogP contribution is -2.50. The van der Waals surface area contributed by atoms with Crippen LogP contribution >= 0.6 is 0 Å². The Labute approximate surface area is 71.1 Å². The summed E-state index contributed by atoms with van der Waals surface area (Å²) >= 11 is 0. The molecule has 0 radical (unpaired) electrons. The zero-order chi connectivity index (χ0) is 8.77. The van der Waals surface area contributed by atoms with E-state index in [9.17, 15) is 4.79 Å². The van der Waals surface area contributed by atoms with Crippen molar-refractivity contribution in [3.8, 4) is 0 Å². The predicted molar refractivity (Wildman–Crippen MR) is 43.8 cm³/mol. The number of nitrogens with one attached hydrogen (secondary N) is 1. The fraction of sp³-hybridized carbons (Fsp3) is 0.875. The van der Waals surface area contributed by atoms with Gasteiger partial charge in [-0.15, -0.1) is 0 Å². The van der Waals surface area contributed by atoms with Crippen LogP contribution in [0.4, 0.5) is 4.79 Å². The summed E-state index contributed by atoms with van der Waals surface area (Å²) in [5, 5.41) is 11.1. The van der Waals surface area contributed by atoms with Gasteiger partial charge in [-0.05, 0) is 31.6 Å². The van der Waals surface area contributed by atoms with Crippen molar-refractivity contribution in [1.82, 2.24) is 5.32 Å². The van der Waals surface area contributed by atoms with Crippen LogP contribution < -0.4 is 11.1 Å². The summed E-state index contributed by atoms with van der Waals surface area (Å²) in [5.41, 5.74) is 5.68. The summed E-state index contributed by atoms with van der Waals surface area (Å²) in [4.78, 5) is 10.4. The van der Waals surface area contributed by atoms with Crippen LogP contribution in [-0.2, 0) is 0 Å². The van der Waals surface area contributed by atoms with E-state index in [4.69, 9.17) is 10.8 Å². The van der Waals surface area contributed by atoms with Crippen LogP contribution in [0.2, 0.25) is 0 Å². The molecule has 4 heteroatoms. The van der Waals surface area contributed by atoms with Gasteiger partial charge in [0.1, 0.15) is 0 Å². The fourth-order valence-electron chi connectivity index (χ4n) is 1.80. The van der Waals surface area contributed by atoms with Gasteiger partial charge in [0.25, 0.3) is 0 Å². The van der Waals surface area contributed by atoms with Crippen molar-refractivity contribution in [3.05, 3.63) is 0 Å². The Morgan fingerprint density at radius 3 is 2.50 bits per heavy atom. The number of carbonyl (C=O) groups is 1. The van der Waals surface area contributed by atoms with Crippen LogP contribution in [0.1, 0.15) is 25.7 Å². The van der Waals surface area contributed by atoms with E-state index >= 15 is 0 Å². The molecule has 2 rings (SSSR count). The number of carboxylic acid groups (broad SMARTS) is 1. The monoisotopic (exact) mass is 170 g/mol. The average Bonchev–Trinajstić information content (AvgIpc) is 2.80. The van der Waals surface area contributed by atoms with Gasteiger partial charge < -0.3 is 16.2 Å². The maximum absolute atomic E-state index is 10.4. The van der Waals surface area contributed by atoms with E-state index in [2.05, 4.69) is 5.32 Å². The standard InChI is InChI=1S/C8H14N2O2/c9-6(5-1-2-5)8(3-4-8)10-7(11)12/h5-6,10H,1-4,9H2,(H,11,12). The Hall–Kier alpha value is -0.770. The van der Waals surface area contributed by atoms with E-state index in [1.807, 2.05) is 0 Å². The van der Waals surface area contributed by atoms with Gasteiger partial charge in [-0.2, -0.15) is 0 Å². The van der Waals surface area contributed by atoms with Gasteiger partial charge in [-0.25, -0.2) is 4.79 Å². The molecule has 0 saturated heterocycles. The molecule has 2 aliphatic rings. The number of hydrogen-bond acceptors (Lipinski definition) is 2. The first-order chi connectivity index (χ1) is 5.64. The van der Waals surface area contributed by atoms with Crippen LogP contribution in [0.3, 0.4) is 0 Å². The molecule has 12 heavy (non-hydrogen) atoms. The summed E-state index contributed by atoms with van der Waals surface area (Å²) in [6.45, 7) is 0. The summed E-state index contributed by atoms with van der Waals surface area (Å²) in [6.07, 6.45) is 3.23. The third kappa shape index (κ3) is 1.27. The van der Waals surface area contributed by atoms with Gasteiger partial charge in [-0.3, -0.25) is 0 Å². The highest BCUT2D eigenvalue weighted by molar-refractivity contribution is 5.66. The Balaban J connectivity index is 1.95. The lowest BCUT2D eigenvalue weighted by molar-refractivity contribution is 0.184. The summed E-state index contributed by atoms with van der Waals surface area (Å²) in [7, 11) is 0.